The average molecular weight is 457 g/mol. The number of rotatable bonds is 22. The third kappa shape index (κ3) is 25.1. The first-order chi connectivity index (χ1) is 15.3. The molecule has 0 aromatic rings. The number of ether oxygens (including phenoxy) is 2. The molecule has 190 valence electrons. The van der Waals surface area contributed by atoms with E-state index in [9.17, 15) is 9.59 Å². The first-order valence-electron chi connectivity index (χ1n) is 13.0. The number of carbonyl (C=O) groups is 2. The van der Waals surface area contributed by atoms with Crippen LogP contribution in [0.4, 0.5) is 0 Å². The van der Waals surface area contributed by atoms with E-state index in [0.717, 1.165) is 12.8 Å². The molecule has 0 aromatic heterocycles. The highest BCUT2D eigenvalue weighted by molar-refractivity contribution is 5.76. The third-order valence-electron chi connectivity index (χ3n) is 5.21. The van der Waals surface area contributed by atoms with E-state index in [1.807, 2.05) is 20.8 Å². The zero-order valence-corrected chi connectivity index (χ0v) is 21.6. The molecule has 0 aromatic carbocycles. The Balaban J connectivity index is 3.26. The molecule has 0 rings (SSSR count). The standard InChI is InChI=1S/C26H52N2O4/c1-5-6-7-8-9-10-11-12-13-14-15-16-24(29)27-17-19-31-21-22-32-20-18-28-25(30)23-26(2,3)4/h5-23H2,1-4H3,(H,27,29)(H,28,30). The van der Waals surface area contributed by atoms with E-state index in [2.05, 4.69) is 17.6 Å². The zero-order chi connectivity index (χ0) is 23.9. The van der Waals surface area contributed by atoms with E-state index in [1.54, 1.807) is 0 Å². The monoisotopic (exact) mass is 456 g/mol. The van der Waals surface area contributed by atoms with E-state index in [4.69, 9.17) is 9.47 Å². The Morgan fingerprint density at radius 3 is 1.53 bits per heavy atom. The smallest absolute Gasteiger partial charge is 0.220 e. The number of hydrogen-bond acceptors (Lipinski definition) is 4. The minimum atomic E-state index is 0.00114. The largest absolute Gasteiger partial charge is 0.377 e. The molecule has 6 nitrogen and oxygen atoms in total. The summed E-state index contributed by atoms with van der Waals surface area (Å²) in [7, 11) is 0. The number of amides is 2. The predicted molar refractivity (Wildman–Crippen MR) is 133 cm³/mol. The van der Waals surface area contributed by atoms with Crippen LogP contribution in [0, 0.1) is 5.41 Å². The van der Waals surface area contributed by atoms with Crippen LogP contribution >= 0.6 is 0 Å². The normalized spacial score (nSPS) is 11.5. The first-order valence-corrected chi connectivity index (χ1v) is 13.0. The lowest BCUT2D eigenvalue weighted by Gasteiger charge is -2.17. The van der Waals surface area contributed by atoms with E-state index < -0.39 is 0 Å². The van der Waals surface area contributed by atoms with Crippen molar-refractivity contribution in [2.75, 3.05) is 39.5 Å². The van der Waals surface area contributed by atoms with E-state index in [-0.39, 0.29) is 17.2 Å². The Morgan fingerprint density at radius 1 is 0.625 bits per heavy atom. The summed E-state index contributed by atoms with van der Waals surface area (Å²) in [6, 6.07) is 0. The molecule has 0 heterocycles. The van der Waals surface area contributed by atoms with Crippen LogP contribution in [-0.2, 0) is 19.1 Å². The van der Waals surface area contributed by atoms with Crippen LogP contribution in [0.15, 0.2) is 0 Å². The van der Waals surface area contributed by atoms with Gasteiger partial charge in [-0.05, 0) is 11.8 Å². The topological polar surface area (TPSA) is 76.7 Å². The van der Waals surface area contributed by atoms with Gasteiger partial charge < -0.3 is 20.1 Å². The summed E-state index contributed by atoms with van der Waals surface area (Å²) in [5, 5.41) is 5.76. The Bertz CT molecular complexity index is 450. The molecule has 2 N–H and O–H groups in total. The number of unbranched alkanes of at least 4 members (excludes halogenated alkanes) is 10. The maximum absolute atomic E-state index is 11.8. The highest BCUT2D eigenvalue weighted by atomic mass is 16.5. The van der Waals surface area contributed by atoms with Crippen LogP contribution in [0.3, 0.4) is 0 Å². The maximum atomic E-state index is 11.8. The fraction of sp³-hybridized carbons (Fsp3) is 0.923. The van der Waals surface area contributed by atoms with Gasteiger partial charge in [-0.2, -0.15) is 0 Å². The van der Waals surface area contributed by atoms with Crippen molar-refractivity contribution in [1.82, 2.24) is 10.6 Å². The summed E-state index contributed by atoms with van der Waals surface area (Å²) < 4.78 is 10.9. The van der Waals surface area contributed by atoms with Crippen LogP contribution in [0.5, 0.6) is 0 Å². The van der Waals surface area contributed by atoms with Gasteiger partial charge in [0.2, 0.25) is 11.8 Å². The molecule has 32 heavy (non-hydrogen) atoms. The van der Waals surface area contributed by atoms with Gasteiger partial charge in [-0.3, -0.25) is 9.59 Å². The Kier molecular flexibility index (Phi) is 20.9. The van der Waals surface area contributed by atoms with E-state index in [1.165, 1.54) is 57.8 Å². The first kappa shape index (κ1) is 30.9. The van der Waals surface area contributed by atoms with Crippen molar-refractivity contribution in [3.8, 4) is 0 Å². The molecule has 0 aliphatic heterocycles. The Hall–Kier alpha value is -1.14. The van der Waals surface area contributed by atoms with Crippen LogP contribution in [0.2, 0.25) is 0 Å². The second-order valence-corrected chi connectivity index (χ2v) is 9.95. The average Bonchev–Trinajstić information content (AvgIpc) is 2.72. The van der Waals surface area contributed by atoms with Crippen molar-refractivity contribution < 1.29 is 19.1 Å². The van der Waals surface area contributed by atoms with Crippen LogP contribution in [0.25, 0.3) is 0 Å². The highest BCUT2D eigenvalue weighted by Crippen LogP contribution is 2.17. The molecule has 0 unspecified atom stereocenters. The molecular weight excluding hydrogens is 404 g/mol. The summed E-state index contributed by atoms with van der Waals surface area (Å²) >= 11 is 0. The molecule has 0 atom stereocenters. The fourth-order valence-corrected chi connectivity index (χ4v) is 3.43. The van der Waals surface area contributed by atoms with Crippen molar-refractivity contribution >= 4 is 11.8 Å². The second-order valence-electron chi connectivity index (χ2n) is 9.95. The van der Waals surface area contributed by atoms with Gasteiger partial charge in [0.1, 0.15) is 0 Å². The van der Waals surface area contributed by atoms with E-state index in [0.29, 0.717) is 52.4 Å². The molecule has 0 aliphatic rings. The maximum Gasteiger partial charge on any atom is 0.220 e. The quantitative estimate of drug-likeness (QED) is 0.214. The molecule has 2 amide bonds. The van der Waals surface area contributed by atoms with Gasteiger partial charge in [0.15, 0.2) is 0 Å². The van der Waals surface area contributed by atoms with Gasteiger partial charge >= 0.3 is 0 Å². The predicted octanol–water partition coefficient (Wildman–Crippen LogP) is 5.39. The molecule has 0 fully saturated rings. The van der Waals surface area contributed by atoms with Crippen LogP contribution < -0.4 is 10.6 Å². The molecule has 0 radical (unpaired) electrons. The molecule has 0 saturated heterocycles. The van der Waals surface area contributed by atoms with Crippen molar-refractivity contribution in [2.45, 2.75) is 111 Å². The SMILES string of the molecule is CCCCCCCCCCCCCC(=O)NCCOCCOCCNC(=O)CC(C)(C)C. The molecule has 6 heteroatoms. The summed E-state index contributed by atoms with van der Waals surface area (Å²) in [4.78, 5) is 23.5. The van der Waals surface area contributed by atoms with Crippen molar-refractivity contribution in [2.24, 2.45) is 5.41 Å². The molecule has 0 bridgehead atoms. The summed E-state index contributed by atoms with van der Waals surface area (Å²) in [5.74, 6) is 0.174. The summed E-state index contributed by atoms with van der Waals surface area (Å²) in [6.45, 7) is 11.4. The molecular formula is C26H52N2O4. The van der Waals surface area contributed by atoms with Crippen LogP contribution in [0.1, 0.15) is 111 Å². The third-order valence-corrected chi connectivity index (χ3v) is 5.21. The van der Waals surface area contributed by atoms with Crippen LogP contribution in [-0.4, -0.2) is 51.3 Å². The molecule has 0 spiro atoms. The van der Waals surface area contributed by atoms with Crippen molar-refractivity contribution in [3.63, 3.8) is 0 Å². The zero-order valence-electron chi connectivity index (χ0n) is 21.6. The summed E-state index contributed by atoms with van der Waals surface area (Å²) in [5.41, 5.74) is 0.00114. The number of carbonyl (C=O) groups excluding carboxylic acids is 2. The second kappa shape index (κ2) is 21.7. The number of nitrogens with one attached hydrogen (secondary N) is 2. The van der Waals surface area contributed by atoms with E-state index >= 15 is 0 Å². The van der Waals surface area contributed by atoms with Crippen molar-refractivity contribution in [1.29, 1.82) is 0 Å². The highest BCUT2D eigenvalue weighted by Gasteiger charge is 2.15. The van der Waals surface area contributed by atoms with Gasteiger partial charge in [-0.1, -0.05) is 91.9 Å². The van der Waals surface area contributed by atoms with Gasteiger partial charge in [0.25, 0.3) is 0 Å². The lowest BCUT2D eigenvalue weighted by molar-refractivity contribution is -0.123. The Labute approximate surface area is 198 Å². The van der Waals surface area contributed by atoms with Gasteiger partial charge in [-0.25, -0.2) is 0 Å². The minimum absolute atomic E-state index is 0.00114. The van der Waals surface area contributed by atoms with Gasteiger partial charge in [0.05, 0.1) is 26.4 Å². The lowest BCUT2D eigenvalue weighted by atomic mass is 9.92. The molecule has 0 saturated carbocycles. The molecule has 0 aliphatic carbocycles. The van der Waals surface area contributed by atoms with Gasteiger partial charge in [0, 0.05) is 25.9 Å². The van der Waals surface area contributed by atoms with Crippen molar-refractivity contribution in [3.05, 3.63) is 0 Å². The Morgan fingerprint density at radius 2 is 1.06 bits per heavy atom. The summed E-state index contributed by atoms with van der Waals surface area (Å²) in [6.07, 6.45) is 15.4. The fourth-order valence-electron chi connectivity index (χ4n) is 3.43. The minimum Gasteiger partial charge on any atom is -0.377 e. The van der Waals surface area contributed by atoms with Gasteiger partial charge in [-0.15, -0.1) is 0 Å². The number of hydrogen-bond donors (Lipinski definition) is 2. The lowest BCUT2D eigenvalue weighted by Crippen LogP contribution is -2.30.